The first-order valence-corrected chi connectivity index (χ1v) is 11.9. The Balaban J connectivity index is 1.38. The van der Waals surface area contributed by atoms with Crippen LogP contribution in [0.4, 0.5) is 4.79 Å². The van der Waals surface area contributed by atoms with Gasteiger partial charge in [-0.15, -0.1) is 0 Å². The van der Waals surface area contributed by atoms with Gasteiger partial charge in [0.1, 0.15) is 6.61 Å². The first kappa shape index (κ1) is 24.7. The molecular formula is C27H32N2O6. The molecule has 2 unspecified atom stereocenters. The molecule has 0 bridgehead atoms. The molecule has 0 saturated carbocycles. The van der Waals surface area contributed by atoms with Gasteiger partial charge in [0.05, 0.1) is 12.5 Å². The molecule has 1 heterocycles. The lowest BCUT2D eigenvalue weighted by Gasteiger charge is -2.36. The summed E-state index contributed by atoms with van der Waals surface area (Å²) >= 11 is 0. The van der Waals surface area contributed by atoms with Crippen molar-refractivity contribution in [3.8, 4) is 11.1 Å². The Morgan fingerprint density at radius 2 is 1.71 bits per heavy atom. The number of hydrogen-bond donors (Lipinski definition) is 2. The van der Waals surface area contributed by atoms with Crippen LogP contribution in [0.5, 0.6) is 0 Å². The Kier molecular flexibility index (Phi) is 7.12. The third-order valence-electron chi connectivity index (χ3n) is 7.30. The number of carboxylic acids is 1. The van der Waals surface area contributed by atoms with Crippen LogP contribution in [0.15, 0.2) is 48.5 Å². The average Bonchev–Trinajstić information content (AvgIpc) is 3.46. The van der Waals surface area contributed by atoms with Crippen LogP contribution >= 0.6 is 0 Å². The van der Waals surface area contributed by atoms with Crippen LogP contribution in [-0.2, 0) is 19.1 Å². The Morgan fingerprint density at radius 1 is 1.11 bits per heavy atom. The number of rotatable bonds is 8. The van der Waals surface area contributed by atoms with E-state index >= 15 is 0 Å². The van der Waals surface area contributed by atoms with E-state index in [9.17, 15) is 19.5 Å². The van der Waals surface area contributed by atoms with Crippen molar-refractivity contribution in [1.82, 2.24) is 10.2 Å². The molecule has 2 atom stereocenters. The Bertz CT molecular complexity index is 1060. The molecule has 1 fully saturated rings. The van der Waals surface area contributed by atoms with E-state index in [0.717, 1.165) is 22.3 Å². The van der Waals surface area contributed by atoms with Gasteiger partial charge in [0.2, 0.25) is 5.91 Å². The standard InChI is InChI=1S/C27H32N2O6/c1-17(2)22(24(30)29(3)27(25(31)32)12-13-34-16-27)14-28-26(33)35-15-23-20-10-6-4-8-18(20)19-9-5-7-11-21(19)23/h4-11,17,22-23H,12-16H2,1-3H3,(H,28,33)(H,31,32). The lowest BCUT2D eigenvalue weighted by molar-refractivity contribution is -0.160. The van der Waals surface area contributed by atoms with Crippen molar-refractivity contribution in [1.29, 1.82) is 0 Å². The number of ether oxygens (including phenoxy) is 2. The third-order valence-corrected chi connectivity index (χ3v) is 7.30. The van der Waals surface area contributed by atoms with Crippen LogP contribution in [0.25, 0.3) is 11.1 Å². The normalized spacial score (nSPS) is 19.7. The summed E-state index contributed by atoms with van der Waals surface area (Å²) in [4.78, 5) is 39.1. The number of nitrogens with zero attached hydrogens (tertiary/aromatic N) is 1. The van der Waals surface area contributed by atoms with E-state index < -0.39 is 23.5 Å². The van der Waals surface area contributed by atoms with Crippen LogP contribution in [0, 0.1) is 11.8 Å². The maximum Gasteiger partial charge on any atom is 0.407 e. The molecule has 8 heteroatoms. The summed E-state index contributed by atoms with van der Waals surface area (Å²) < 4.78 is 10.9. The number of alkyl carbamates (subject to hydrolysis) is 1. The lowest BCUT2D eigenvalue weighted by Crippen LogP contribution is -2.58. The molecule has 8 nitrogen and oxygen atoms in total. The van der Waals surface area contributed by atoms with Gasteiger partial charge in [-0.25, -0.2) is 9.59 Å². The number of aliphatic carboxylic acids is 1. The highest BCUT2D eigenvalue weighted by molar-refractivity contribution is 5.89. The minimum Gasteiger partial charge on any atom is -0.479 e. The van der Waals surface area contributed by atoms with E-state index in [1.165, 1.54) is 11.9 Å². The van der Waals surface area contributed by atoms with E-state index in [0.29, 0.717) is 0 Å². The number of nitrogens with one attached hydrogen (secondary N) is 1. The highest BCUT2D eigenvalue weighted by Gasteiger charge is 2.49. The predicted octanol–water partition coefficient (Wildman–Crippen LogP) is 3.50. The Labute approximate surface area is 205 Å². The van der Waals surface area contributed by atoms with Crippen LogP contribution < -0.4 is 5.32 Å². The predicted molar refractivity (Wildman–Crippen MR) is 130 cm³/mol. The van der Waals surface area contributed by atoms with Gasteiger partial charge in [0, 0.05) is 32.5 Å². The molecule has 2 aromatic rings. The molecule has 1 aliphatic heterocycles. The third kappa shape index (κ3) is 4.62. The maximum absolute atomic E-state index is 13.3. The number of amides is 2. The molecule has 0 radical (unpaired) electrons. The highest BCUT2D eigenvalue weighted by Crippen LogP contribution is 2.44. The van der Waals surface area contributed by atoms with E-state index in [4.69, 9.17) is 9.47 Å². The van der Waals surface area contributed by atoms with Crippen LogP contribution in [0.3, 0.4) is 0 Å². The number of hydrogen-bond acceptors (Lipinski definition) is 5. The van der Waals surface area contributed by atoms with E-state index in [1.807, 2.05) is 38.1 Å². The van der Waals surface area contributed by atoms with Crippen LogP contribution in [0.1, 0.15) is 37.3 Å². The number of likely N-dealkylation sites (N-methyl/N-ethyl adjacent to an activating group) is 1. The second kappa shape index (κ2) is 10.1. The van der Waals surface area contributed by atoms with E-state index in [2.05, 4.69) is 29.6 Å². The summed E-state index contributed by atoms with van der Waals surface area (Å²) in [5.74, 6) is -2.20. The number of carboxylic acid groups (broad SMARTS) is 1. The van der Waals surface area contributed by atoms with Crippen molar-refractivity contribution < 1.29 is 29.0 Å². The second-order valence-electron chi connectivity index (χ2n) is 9.59. The molecule has 0 spiro atoms. The smallest absolute Gasteiger partial charge is 0.407 e. The van der Waals surface area contributed by atoms with Crippen LogP contribution in [0.2, 0.25) is 0 Å². The maximum atomic E-state index is 13.3. The summed E-state index contributed by atoms with van der Waals surface area (Å²) in [6, 6.07) is 16.2. The van der Waals surface area contributed by atoms with Crippen molar-refractivity contribution in [2.45, 2.75) is 31.7 Å². The summed E-state index contributed by atoms with van der Waals surface area (Å²) in [6.45, 7) is 4.21. The molecule has 2 aliphatic rings. The Hall–Kier alpha value is -3.39. The van der Waals surface area contributed by atoms with Gasteiger partial charge in [0.25, 0.3) is 0 Å². The zero-order valence-corrected chi connectivity index (χ0v) is 20.3. The SMILES string of the molecule is CC(C)C(CNC(=O)OCC1c2ccccc2-c2ccccc21)C(=O)N(C)C1(C(=O)O)CCOC1. The van der Waals surface area contributed by atoms with Gasteiger partial charge in [-0.05, 0) is 28.2 Å². The Morgan fingerprint density at radius 3 is 2.23 bits per heavy atom. The van der Waals surface area contributed by atoms with Gasteiger partial charge < -0.3 is 24.8 Å². The largest absolute Gasteiger partial charge is 0.479 e. The summed E-state index contributed by atoms with van der Waals surface area (Å²) in [5.41, 5.74) is 3.16. The molecule has 1 saturated heterocycles. The van der Waals surface area contributed by atoms with Gasteiger partial charge in [0.15, 0.2) is 5.54 Å². The van der Waals surface area contributed by atoms with E-state index in [1.54, 1.807) is 0 Å². The first-order valence-electron chi connectivity index (χ1n) is 11.9. The zero-order chi connectivity index (χ0) is 25.2. The van der Waals surface area contributed by atoms with Crippen molar-refractivity contribution in [2.24, 2.45) is 11.8 Å². The molecule has 2 N–H and O–H groups in total. The topological polar surface area (TPSA) is 105 Å². The second-order valence-corrected chi connectivity index (χ2v) is 9.59. The molecule has 1 aliphatic carbocycles. The van der Waals surface area contributed by atoms with Crippen molar-refractivity contribution in [3.63, 3.8) is 0 Å². The molecule has 186 valence electrons. The van der Waals surface area contributed by atoms with Gasteiger partial charge in [-0.1, -0.05) is 62.4 Å². The quantitative estimate of drug-likeness (QED) is 0.599. The van der Waals surface area contributed by atoms with Gasteiger partial charge in [-0.2, -0.15) is 0 Å². The molecule has 35 heavy (non-hydrogen) atoms. The minimum atomic E-state index is -1.38. The lowest BCUT2D eigenvalue weighted by atomic mass is 9.90. The highest BCUT2D eigenvalue weighted by atomic mass is 16.5. The molecular weight excluding hydrogens is 448 g/mol. The van der Waals surface area contributed by atoms with E-state index in [-0.39, 0.29) is 50.5 Å². The molecule has 0 aromatic heterocycles. The zero-order valence-electron chi connectivity index (χ0n) is 20.3. The van der Waals surface area contributed by atoms with Gasteiger partial charge in [-0.3, -0.25) is 4.79 Å². The monoisotopic (exact) mass is 480 g/mol. The van der Waals surface area contributed by atoms with Crippen molar-refractivity contribution in [2.75, 3.05) is 33.4 Å². The van der Waals surface area contributed by atoms with Crippen LogP contribution in [-0.4, -0.2) is 66.9 Å². The fourth-order valence-corrected chi connectivity index (χ4v) is 5.04. The van der Waals surface area contributed by atoms with Crippen molar-refractivity contribution >= 4 is 18.0 Å². The average molecular weight is 481 g/mol. The number of carbonyl (C=O) groups is 3. The summed E-state index contributed by atoms with van der Waals surface area (Å²) in [5, 5.41) is 12.5. The number of fused-ring (bicyclic) bond motifs is 3. The minimum absolute atomic E-state index is 0.0464. The fraction of sp³-hybridized carbons (Fsp3) is 0.444. The number of carbonyl (C=O) groups excluding carboxylic acids is 2. The first-order chi connectivity index (χ1) is 16.8. The molecule has 4 rings (SSSR count). The van der Waals surface area contributed by atoms with Gasteiger partial charge >= 0.3 is 12.1 Å². The summed E-state index contributed by atoms with van der Waals surface area (Å²) in [7, 11) is 1.49. The molecule has 2 amide bonds. The molecule has 2 aromatic carbocycles. The van der Waals surface area contributed by atoms with Crippen molar-refractivity contribution in [3.05, 3.63) is 59.7 Å². The fourth-order valence-electron chi connectivity index (χ4n) is 5.04. The number of benzene rings is 2. The summed E-state index contributed by atoms with van der Waals surface area (Å²) in [6.07, 6.45) is -0.375.